The molecule has 0 unspecified atom stereocenters. The number of halogens is 1. The summed E-state index contributed by atoms with van der Waals surface area (Å²) >= 11 is 3.32. The van der Waals surface area contributed by atoms with Crippen LogP contribution < -0.4 is 4.74 Å². The van der Waals surface area contributed by atoms with Crippen LogP contribution in [0.15, 0.2) is 59.2 Å². The van der Waals surface area contributed by atoms with E-state index in [1.54, 1.807) is 12.3 Å². The number of rotatable bonds is 4. The highest BCUT2D eigenvalue weighted by molar-refractivity contribution is 9.10. The molecule has 0 aliphatic carbocycles. The molecule has 0 fully saturated rings. The number of para-hydroxylation sites is 1. The number of nitrogens with zero attached hydrogens (tertiary/aromatic N) is 1. The maximum absolute atomic E-state index is 10.9. The lowest BCUT2D eigenvalue weighted by molar-refractivity contribution is 0.112. The second-order valence-corrected chi connectivity index (χ2v) is 5.43. The number of carbonyl (C=O) groups excluding carboxylic acids is 1. The highest BCUT2D eigenvalue weighted by atomic mass is 79.9. The Morgan fingerprint density at radius 3 is 2.86 bits per heavy atom. The van der Waals surface area contributed by atoms with E-state index in [0.29, 0.717) is 17.9 Å². The number of benzene rings is 2. The molecule has 0 N–H and O–H groups in total. The van der Waals surface area contributed by atoms with Gasteiger partial charge in [0.25, 0.3) is 0 Å². The first-order chi connectivity index (χ1) is 10.3. The predicted octanol–water partition coefficient (Wildman–Crippen LogP) is 4.39. The second kappa shape index (κ2) is 6.06. The minimum Gasteiger partial charge on any atom is -0.489 e. The van der Waals surface area contributed by atoms with Gasteiger partial charge < -0.3 is 4.74 Å². The standard InChI is InChI=1S/C17H12BrNO2/c18-16-6-5-14(9-13(16)10-20)21-11-12-7-8-19-17-4-2-1-3-15(12)17/h1-10H,11H2. The van der Waals surface area contributed by atoms with Gasteiger partial charge >= 0.3 is 0 Å². The molecule has 3 nitrogen and oxygen atoms in total. The summed E-state index contributed by atoms with van der Waals surface area (Å²) in [5.41, 5.74) is 2.59. The Balaban J connectivity index is 1.85. The van der Waals surface area contributed by atoms with Gasteiger partial charge in [-0.05, 0) is 30.3 Å². The van der Waals surface area contributed by atoms with Gasteiger partial charge in [-0.25, -0.2) is 0 Å². The van der Waals surface area contributed by atoms with Crippen LogP contribution in [0, 0.1) is 0 Å². The normalized spacial score (nSPS) is 10.5. The van der Waals surface area contributed by atoms with Crippen molar-refractivity contribution in [1.82, 2.24) is 4.98 Å². The topological polar surface area (TPSA) is 39.2 Å². The van der Waals surface area contributed by atoms with Crippen LogP contribution in [-0.4, -0.2) is 11.3 Å². The molecular formula is C17H12BrNO2. The maximum Gasteiger partial charge on any atom is 0.151 e. The monoisotopic (exact) mass is 341 g/mol. The van der Waals surface area contributed by atoms with E-state index in [9.17, 15) is 4.79 Å². The van der Waals surface area contributed by atoms with Gasteiger partial charge in [-0.2, -0.15) is 0 Å². The van der Waals surface area contributed by atoms with Gasteiger partial charge in [-0.15, -0.1) is 0 Å². The van der Waals surface area contributed by atoms with Gasteiger partial charge in [0.05, 0.1) is 5.52 Å². The molecule has 0 spiro atoms. The van der Waals surface area contributed by atoms with Crippen molar-refractivity contribution in [1.29, 1.82) is 0 Å². The third-order valence-corrected chi connectivity index (χ3v) is 3.95. The Morgan fingerprint density at radius 1 is 1.14 bits per heavy atom. The summed E-state index contributed by atoms with van der Waals surface area (Å²) in [7, 11) is 0. The fraction of sp³-hybridized carbons (Fsp3) is 0.0588. The van der Waals surface area contributed by atoms with E-state index in [1.807, 2.05) is 42.5 Å². The van der Waals surface area contributed by atoms with Gasteiger partial charge in [-0.3, -0.25) is 9.78 Å². The zero-order valence-electron chi connectivity index (χ0n) is 11.1. The molecule has 0 radical (unpaired) electrons. The summed E-state index contributed by atoms with van der Waals surface area (Å²) < 4.78 is 6.55. The lowest BCUT2D eigenvalue weighted by Crippen LogP contribution is -1.98. The number of ether oxygens (including phenoxy) is 1. The lowest BCUT2D eigenvalue weighted by atomic mass is 10.1. The summed E-state index contributed by atoms with van der Waals surface area (Å²) in [4.78, 5) is 15.3. The number of hydrogen-bond donors (Lipinski definition) is 0. The summed E-state index contributed by atoms with van der Waals surface area (Å²) in [6, 6.07) is 15.3. The van der Waals surface area contributed by atoms with Crippen molar-refractivity contribution in [2.75, 3.05) is 0 Å². The number of aldehydes is 1. The predicted molar refractivity (Wildman–Crippen MR) is 85.6 cm³/mol. The van der Waals surface area contributed by atoms with Crippen LogP contribution in [0.2, 0.25) is 0 Å². The van der Waals surface area contributed by atoms with Crippen molar-refractivity contribution < 1.29 is 9.53 Å². The van der Waals surface area contributed by atoms with Crippen molar-refractivity contribution in [3.05, 3.63) is 70.3 Å². The van der Waals surface area contributed by atoms with Crippen LogP contribution in [0.5, 0.6) is 5.75 Å². The molecular weight excluding hydrogens is 330 g/mol. The summed E-state index contributed by atoms with van der Waals surface area (Å²) in [6.45, 7) is 0.433. The van der Waals surface area contributed by atoms with Crippen LogP contribution >= 0.6 is 15.9 Å². The fourth-order valence-electron chi connectivity index (χ4n) is 2.14. The first-order valence-electron chi connectivity index (χ1n) is 6.48. The van der Waals surface area contributed by atoms with Gasteiger partial charge in [0.2, 0.25) is 0 Å². The van der Waals surface area contributed by atoms with Crippen molar-refractivity contribution in [3.8, 4) is 5.75 Å². The second-order valence-electron chi connectivity index (χ2n) is 4.58. The Labute approximate surface area is 130 Å². The minimum absolute atomic E-state index is 0.433. The molecule has 0 amide bonds. The molecule has 1 heterocycles. The van der Waals surface area contributed by atoms with E-state index in [4.69, 9.17) is 4.74 Å². The van der Waals surface area contributed by atoms with Crippen molar-refractivity contribution >= 4 is 33.1 Å². The molecule has 1 aromatic heterocycles. The first kappa shape index (κ1) is 13.8. The molecule has 3 rings (SSSR count). The van der Waals surface area contributed by atoms with Crippen LogP contribution in [0.4, 0.5) is 0 Å². The molecule has 2 aromatic carbocycles. The molecule has 0 aliphatic heterocycles. The number of carbonyl (C=O) groups is 1. The van der Waals surface area contributed by atoms with Crippen LogP contribution in [-0.2, 0) is 6.61 Å². The third-order valence-electron chi connectivity index (χ3n) is 3.23. The van der Waals surface area contributed by atoms with E-state index in [-0.39, 0.29) is 0 Å². The molecule has 3 aromatic rings. The van der Waals surface area contributed by atoms with E-state index >= 15 is 0 Å². The molecule has 0 aliphatic rings. The largest absolute Gasteiger partial charge is 0.489 e. The van der Waals surface area contributed by atoms with Crippen LogP contribution in [0.3, 0.4) is 0 Å². The molecule has 0 bridgehead atoms. The Kier molecular flexibility index (Phi) is 3.97. The minimum atomic E-state index is 0.433. The molecule has 21 heavy (non-hydrogen) atoms. The van der Waals surface area contributed by atoms with E-state index in [0.717, 1.165) is 27.2 Å². The quantitative estimate of drug-likeness (QED) is 0.660. The average Bonchev–Trinajstić information content (AvgIpc) is 2.54. The molecule has 0 saturated carbocycles. The average molecular weight is 342 g/mol. The Bertz CT molecular complexity index is 796. The number of fused-ring (bicyclic) bond motifs is 1. The SMILES string of the molecule is O=Cc1cc(OCc2ccnc3ccccc23)ccc1Br. The Morgan fingerprint density at radius 2 is 2.00 bits per heavy atom. The lowest BCUT2D eigenvalue weighted by Gasteiger charge is -2.09. The van der Waals surface area contributed by atoms with Crippen molar-refractivity contribution in [2.45, 2.75) is 6.61 Å². The highest BCUT2D eigenvalue weighted by Crippen LogP contribution is 2.23. The molecule has 0 saturated heterocycles. The molecule has 4 heteroatoms. The zero-order chi connectivity index (χ0) is 14.7. The van der Waals surface area contributed by atoms with E-state index in [1.165, 1.54) is 0 Å². The summed E-state index contributed by atoms with van der Waals surface area (Å²) in [6.07, 6.45) is 2.58. The van der Waals surface area contributed by atoms with E-state index in [2.05, 4.69) is 20.9 Å². The van der Waals surface area contributed by atoms with Gasteiger partial charge in [0, 0.05) is 27.2 Å². The number of hydrogen-bond acceptors (Lipinski definition) is 3. The van der Waals surface area contributed by atoms with Gasteiger partial charge in [-0.1, -0.05) is 34.1 Å². The van der Waals surface area contributed by atoms with E-state index < -0.39 is 0 Å². The van der Waals surface area contributed by atoms with Gasteiger partial charge in [0.15, 0.2) is 6.29 Å². The maximum atomic E-state index is 10.9. The first-order valence-corrected chi connectivity index (χ1v) is 7.27. The smallest absolute Gasteiger partial charge is 0.151 e. The number of pyridine rings is 1. The van der Waals surface area contributed by atoms with Gasteiger partial charge in [0.1, 0.15) is 12.4 Å². The van der Waals surface area contributed by atoms with Crippen molar-refractivity contribution in [2.24, 2.45) is 0 Å². The third kappa shape index (κ3) is 2.95. The molecule has 104 valence electrons. The zero-order valence-corrected chi connectivity index (χ0v) is 12.7. The van der Waals surface area contributed by atoms with Crippen LogP contribution in [0.25, 0.3) is 10.9 Å². The Hall–Kier alpha value is -2.20. The fourth-order valence-corrected chi connectivity index (χ4v) is 2.48. The van der Waals surface area contributed by atoms with Crippen LogP contribution in [0.1, 0.15) is 15.9 Å². The molecule has 0 atom stereocenters. The number of aromatic nitrogens is 1. The summed E-state index contributed by atoms with van der Waals surface area (Å²) in [5, 5.41) is 1.08. The van der Waals surface area contributed by atoms with Crippen molar-refractivity contribution in [3.63, 3.8) is 0 Å². The summed E-state index contributed by atoms with van der Waals surface area (Å²) in [5.74, 6) is 0.668. The highest BCUT2D eigenvalue weighted by Gasteiger charge is 2.04.